The van der Waals surface area contributed by atoms with Crippen LogP contribution >= 0.6 is 23.7 Å². The van der Waals surface area contributed by atoms with E-state index in [-0.39, 0.29) is 24.2 Å². The van der Waals surface area contributed by atoms with Crippen LogP contribution in [-0.2, 0) is 11.3 Å². The molecule has 0 spiro atoms. The first-order valence-corrected chi connectivity index (χ1v) is 10.8. The van der Waals surface area contributed by atoms with Gasteiger partial charge in [0.15, 0.2) is 0 Å². The van der Waals surface area contributed by atoms with Crippen molar-refractivity contribution in [1.29, 1.82) is 0 Å². The van der Waals surface area contributed by atoms with Crippen LogP contribution in [0.15, 0.2) is 35.7 Å². The van der Waals surface area contributed by atoms with E-state index in [2.05, 4.69) is 28.9 Å². The summed E-state index contributed by atoms with van der Waals surface area (Å²) >= 11 is 1.69. The molecule has 152 valence electrons. The quantitative estimate of drug-likeness (QED) is 0.741. The van der Waals surface area contributed by atoms with Crippen LogP contribution in [0.1, 0.15) is 37.0 Å². The van der Waals surface area contributed by atoms with Crippen molar-refractivity contribution in [2.45, 2.75) is 44.7 Å². The van der Waals surface area contributed by atoms with Crippen LogP contribution in [0.3, 0.4) is 0 Å². The number of carbonyl (C=O) groups is 1. The van der Waals surface area contributed by atoms with Crippen molar-refractivity contribution in [3.63, 3.8) is 0 Å². The van der Waals surface area contributed by atoms with Crippen LogP contribution in [0.2, 0.25) is 0 Å². The number of carbonyl (C=O) groups excluding carboxylic acids is 1. The number of nitrogens with one attached hydrogen (secondary N) is 1. The van der Waals surface area contributed by atoms with Gasteiger partial charge in [-0.1, -0.05) is 18.6 Å². The Hall–Kier alpha value is -1.56. The molecule has 1 aromatic carbocycles. The molecule has 2 saturated carbocycles. The minimum Gasteiger partial charge on any atom is -0.497 e. The number of hydrogen-bond donors (Lipinski definition) is 2. The van der Waals surface area contributed by atoms with Crippen molar-refractivity contribution >= 4 is 29.7 Å². The lowest BCUT2D eigenvalue weighted by atomic mass is 9.65. The highest BCUT2D eigenvalue weighted by atomic mass is 35.5. The molecule has 0 saturated heterocycles. The first kappa shape index (κ1) is 21.2. The Labute approximate surface area is 177 Å². The van der Waals surface area contributed by atoms with Gasteiger partial charge in [-0.2, -0.15) is 0 Å². The van der Waals surface area contributed by atoms with Crippen molar-refractivity contribution in [3.8, 4) is 16.9 Å². The van der Waals surface area contributed by atoms with Crippen molar-refractivity contribution in [2.24, 2.45) is 23.5 Å². The second-order valence-electron chi connectivity index (χ2n) is 7.94. The molecule has 2 atom stereocenters. The van der Waals surface area contributed by atoms with Crippen LogP contribution in [0, 0.1) is 17.8 Å². The number of rotatable bonds is 5. The van der Waals surface area contributed by atoms with Gasteiger partial charge in [0.2, 0.25) is 5.91 Å². The van der Waals surface area contributed by atoms with Gasteiger partial charge in [-0.05, 0) is 72.2 Å². The molecule has 6 heteroatoms. The highest BCUT2D eigenvalue weighted by Gasteiger charge is 2.40. The maximum Gasteiger partial charge on any atom is 0.223 e. The van der Waals surface area contributed by atoms with Gasteiger partial charge in [0, 0.05) is 16.8 Å². The largest absolute Gasteiger partial charge is 0.497 e. The fourth-order valence-corrected chi connectivity index (χ4v) is 5.56. The molecule has 4 rings (SSSR count). The molecule has 1 amide bonds. The van der Waals surface area contributed by atoms with Crippen molar-refractivity contribution in [1.82, 2.24) is 5.32 Å². The van der Waals surface area contributed by atoms with Gasteiger partial charge in [0.05, 0.1) is 13.7 Å². The minimum absolute atomic E-state index is 0. The number of benzene rings is 1. The summed E-state index contributed by atoms with van der Waals surface area (Å²) in [5.41, 5.74) is 8.70. The summed E-state index contributed by atoms with van der Waals surface area (Å²) in [5, 5.41) is 5.31. The lowest BCUT2D eigenvalue weighted by Gasteiger charge is -2.43. The lowest BCUT2D eigenvalue weighted by Crippen LogP contribution is -2.49. The van der Waals surface area contributed by atoms with Gasteiger partial charge < -0.3 is 15.8 Å². The van der Waals surface area contributed by atoms with Crippen LogP contribution in [-0.4, -0.2) is 19.1 Å². The molecule has 28 heavy (non-hydrogen) atoms. The average molecular weight is 421 g/mol. The fraction of sp³-hybridized carbons (Fsp3) is 0.500. The van der Waals surface area contributed by atoms with E-state index >= 15 is 0 Å². The number of ether oxygens (including phenoxy) is 1. The van der Waals surface area contributed by atoms with Crippen LogP contribution < -0.4 is 15.8 Å². The number of hydrogen-bond acceptors (Lipinski definition) is 4. The molecule has 2 unspecified atom stereocenters. The molecular formula is C22H29ClN2O2S. The zero-order chi connectivity index (χ0) is 18.8. The van der Waals surface area contributed by atoms with Gasteiger partial charge in [0.25, 0.3) is 0 Å². The van der Waals surface area contributed by atoms with E-state index in [9.17, 15) is 4.79 Å². The summed E-state index contributed by atoms with van der Waals surface area (Å²) in [6, 6.07) is 10.5. The first-order chi connectivity index (χ1) is 13.1. The molecule has 0 radical (unpaired) electrons. The van der Waals surface area contributed by atoms with E-state index in [1.54, 1.807) is 18.4 Å². The molecule has 2 aliphatic carbocycles. The summed E-state index contributed by atoms with van der Waals surface area (Å²) in [6.07, 6.45) is 5.59. The zero-order valence-corrected chi connectivity index (χ0v) is 17.9. The highest BCUT2D eigenvalue weighted by Crippen LogP contribution is 2.42. The number of methoxy groups -OCH3 is 1. The maximum atomic E-state index is 12.7. The SMILES string of the molecule is COc1ccc(-c2csc(CNC(=O)C3CC4CCCC(C3)C4N)c2)cc1.Cl. The Morgan fingerprint density at radius 3 is 2.50 bits per heavy atom. The lowest BCUT2D eigenvalue weighted by molar-refractivity contribution is -0.128. The smallest absolute Gasteiger partial charge is 0.223 e. The van der Waals surface area contributed by atoms with Crippen LogP contribution in [0.25, 0.3) is 11.1 Å². The van der Waals surface area contributed by atoms with Crippen molar-refractivity contribution < 1.29 is 9.53 Å². The highest BCUT2D eigenvalue weighted by molar-refractivity contribution is 7.10. The molecule has 1 heterocycles. The average Bonchev–Trinajstić information content (AvgIpc) is 3.15. The summed E-state index contributed by atoms with van der Waals surface area (Å²) in [7, 11) is 1.67. The third-order valence-electron chi connectivity index (χ3n) is 6.30. The number of fused-ring (bicyclic) bond motifs is 2. The zero-order valence-electron chi connectivity index (χ0n) is 16.2. The third-order valence-corrected chi connectivity index (χ3v) is 7.23. The Morgan fingerprint density at radius 1 is 1.18 bits per heavy atom. The molecule has 1 aromatic heterocycles. The predicted molar refractivity (Wildman–Crippen MR) is 117 cm³/mol. The molecular weight excluding hydrogens is 392 g/mol. The summed E-state index contributed by atoms with van der Waals surface area (Å²) in [4.78, 5) is 13.9. The molecule has 2 fully saturated rings. The standard InChI is InChI=1S/C22H28N2O2S.ClH/c1-26-19-7-5-14(6-8-19)18-11-20(27-13-18)12-24-22(25)17-9-15-3-2-4-16(10-17)21(15)23;/h5-8,11,13,15-17,21H,2-4,9-10,12,23H2,1H3,(H,24,25);1H. The predicted octanol–water partition coefficient (Wildman–Crippen LogP) is 4.62. The van der Waals surface area contributed by atoms with E-state index in [1.807, 2.05) is 12.1 Å². The van der Waals surface area contributed by atoms with E-state index in [4.69, 9.17) is 10.5 Å². The monoisotopic (exact) mass is 420 g/mol. The first-order valence-electron chi connectivity index (χ1n) is 9.89. The maximum absolute atomic E-state index is 12.7. The van der Waals surface area contributed by atoms with E-state index in [0.717, 1.165) is 18.6 Å². The van der Waals surface area contributed by atoms with Crippen molar-refractivity contribution in [2.75, 3.05) is 7.11 Å². The molecule has 2 aliphatic rings. The normalized spacial score (nSPS) is 26.2. The summed E-state index contributed by atoms with van der Waals surface area (Å²) in [6.45, 7) is 0.609. The molecule has 4 nitrogen and oxygen atoms in total. The van der Waals surface area contributed by atoms with Crippen LogP contribution in [0.5, 0.6) is 5.75 Å². The van der Waals surface area contributed by atoms with Gasteiger partial charge in [-0.15, -0.1) is 23.7 Å². The Kier molecular flexibility index (Phi) is 7.02. The summed E-state index contributed by atoms with van der Waals surface area (Å²) in [5.74, 6) is 2.28. The van der Waals surface area contributed by atoms with Gasteiger partial charge in [-0.3, -0.25) is 4.79 Å². The third kappa shape index (κ3) is 4.53. The van der Waals surface area contributed by atoms with Gasteiger partial charge >= 0.3 is 0 Å². The second-order valence-corrected chi connectivity index (χ2v) is 8.94. The molecule has 2 bridgehead atoms. The fourth-order valence-electron chi connectivity index (χ4n) is 4.73. The number of halogens is 1. The Morgan fingerprint density at radius 2 is 1.86 bits per heavy atom. The second kappa shape index (κ2) is 9.29. The Bertz CT molecular complexity index is 778. The minimum atomic E-state index is 0. The van der Waals surface area contributed by atoms with Gasteiger partial charge in [-0.25, -0.2) is 0 Å². The van der Waals surface area contributed by atoms with Gasteiger partial charge in [0.1, 0.15) is 5.75 Å². The van der Waals surface area contributed by atoms with E-state index in [0.29, 0.717) is 24.4 Å². The topological polar surface area (TPSA) is 64.3 Å². The number of nitrogens with two attached hydrogens (primary N) is 1. The molecule has 2 aromatic rings. The molecule has 0 aliphatic heterocycles. The molecule has 3 N–H and O–H groups in total. The number of amides is 1. The van der Waals surface area contributed by atoms with E-state index < -0.39 is 0 Å². The van der Waals surface area contributed by atoms with E-state index in [1.165, 1.54) is 35.3 Å². The van der Waals surface area contributed by atoms with Crippen molar-refractivity contribution in [3.05, 3.63) is 40.6 Å². The summed E-state index contributed by atoms with van der Waals surface area (Å²) < 4.78 is 5.21. The number of thiophene rings is 1. The van der Waals surface area contributed by atoms with Crippen LogP contribution in [0.4, 0.5) is 0 Å². The Balaban J connectivity index is 0.00000225.